The van der Waals surface area contributed by atoms with Crippen molar-refractivity contribution in [3.8, 4) is 11.5 Å². The average Bonchev–Trinajstić information content (AvgIpc) is 3.49. The van der Waals surface area contributed by atoms with Crippen LogP contribution < -0.4 is 14.4 Å². The summed E-state index contributed by atoms with van der Waals surface area (Å²) in [7, 11) is 0. The van der Waals surface area contributed by atoms with Gasteiger partial charge in [0.15, 0.2) is 23.0 Å². The maximum atomic E-state index is 14.0. The van der Waals surface area contributed by atoms with Crippen LogP contribution in [0.2, 0.25) is 0 Å². The zero-order valence-corrected chi connectivity index (χ0v) is 23.1. The predicted molar refractivity (Wildman–Crippen MR) is 147 cm³/mol. The molecule has 0 radical (unpaired) electrons. The first-order chi connectivity index (χ1) is 18.9. The standard InChI is InChI=1S/C30H31N3O5S/c1-4-36-24-15-20(11-13-23(24)37-16-19-8-6-5-7-9-19)26-25-27(34)21-14-17(2)10-12-22(21)38-28(25)29(35)33(26)30-32-31-18(3)39-30/h5-9,11,13,15,17,21-22,26H,4,10,12,14,16H2,1-3H3. The van der Waals surface area contributed by atoms with E-state index in [1.54, 1.807) is 4.90 Å². The van der Waals surface area contributed by atoms with E-state index in [1.807, 2.05) is 62.4 Å². The lowest BCUT2D eigenvalue weighted by molar-refractivity contribution is -0.132. The molecule has 0 spiro atoms. The van der Waals surface area contributed by atoms with Crippen molar-refractivity contribution in [1.82, 2.24) is 10.2 Å². The number of carbonyl (C=O) groups excluding carboxylic acids is 2. The molecule has 4 atom stereocenters. The van der Waals surface area contributed by atoms with E-state index in [0.29, 0.717) is 41.3 Å². The van der Waals surface area contributed by atoms with Crippen LogP contribution in [0.3, 0.4) is 0 Å². The molecule has 0 bridgehead atoms. The highest BCUT2D eigenvalue weighted by atomic mass is 32.1. The number of hydrogen-bond acceptors (Lipinski definition) is 8. The number of Topliss-reactive ketones (excluding diaryl/α,β-unsaturated/α-hetero) is 1. The molecule has 39 heavy (non-hydrogen) atoms. The van der Waals surface area contributed by atoms with Crippen molar-refractivity contribution in [1.29, 1.82) is 0 Å². The molecule has 3 aromatic rings. The first kappa shape index (κ1) is 25.6. The van der Waals surface area contributed by atoms with Crippen molar-refractivity contribution in [2.24, 2.45) is 11.8 Å². The highest BCUT2D eigenvalue weighted by Gasteiger charge is 2.53. The lowest BCUT2D eigenvalue weighted by atomic mass is 9.74. The summed E-state index contributed by atoms with van der Waals surface area (Å²) in [5.74, 6) is 1.12. The third-order valence-electron chi connectivity index (χ3n) is 7.65. The van der Waals surface area contributed by atoms with Gasteiger partial charge in [-0.15, -0.1) is 10.2 Å². The fraction of sp³-hybridized carbons (Fsp3) is 0.400. The molecule has 3 heterocycles. The van der Waals surface area contributed by atoms with Gasteiger partial charge in [0.1, 0.15) is 17.7 Å². The monoisotopic (exact) mass is 545 g/mol. The number of hydrogen-bond donors (Lipinski definition) is 0. The van der Waals surface area contributed by atoms with Crippen LogP contribution in [0.1, 0.15) is 55.3 Å². The van der Waals surface area contributed by atoms with Gasteiger partial charge in [-0.2, -0.15) is 0 Å². The number of carbonyl (C=O) groups is 2. The van der Waals surface area contributed by atoms with Gasteiger partial charge < -0.3 is 14.2 Å². The fourth-order valence-corrected chi connectivity index (χ4v) is 6.51. The molecule has 0 saturated heterocycles. The van der Waals surface area contributed by atoms with E-state index in [0.717, 1.165) is 35.4 Å². The minimum atomic E-state index is -0.687. The molecule has 2 aliphatic heterocycles. The maximum Gasteiger partial charge on any atom is 0.296 e. The number of fused-ring (bicyclic) bond motifs is 1. The summed E-state index contributed by atoms with van der Waals surface area (Å²) in [6.07, 6.45) is 2.25. The quantitative estimate of drug-likeness (QED) is 0.383. The molecule has 1 aromatic heterocycles. The Kier molecular flexibility index (Phi) is 6.85. The summed E-state index contributed by atoms with van der Waals surface area (Å²) in [5.41, 5.74) is 2.18. The van der Waals surface area contributed by atoms with Crippen molar-refractivity contribution >= 4 is 28.2 Å². The first-order valence-electron chi connectivity index (χ1n) is 13.5. The van der Waals surface area contributed by atoms with Crippen LogP contribution in [0.5, 0.6) is 11.5 Å². The summed E-state index contributed by atoms with van der Waals surface area (Å²) in [5, 5.41) is 9.58. The highest BCUT2D eigenvalue weighted by Crippen LogP contribution is 2.50. The lowest BCUT2D eigenvalue weighted by Gasteiger charge is -2.37. The zero-order chi connectivity index (χ0) is 27.1. The number of ketones is 1. The molecule has 1 aliphatic carbocycles. The molecule has 3 aliphatic rings. The minimum Gasteiger partial charge on any atom is -0.490 e. The van der Waals surface area contributed by atoms with Crippen LogP contribution in [0, 0.1) is 18.8 Å². The van der Waals surface area contributed by atoms with Gasteiger partial charge in [0, 0.05) is 0 Å². The normalized spacial score (nSPS) is 24.3. The zero-order valence-electron chi connectivity index (χ0n) is 22.3. The van der Waals surface area contributed by atoms with E-state index in [9.17, 15) is 9.59 Å². The average molecular weight is 546 g/mol. The summed E-state index contributed by atoms with van der Waals surface area (Å²) >= 11 is 1.32. The SMILES string of the molecule is CCOc1cc(C2C3=C(OC4CCC(C)CC4C3=O)C(=O)N2c2nnc(C)s2)ccc1OCc1ccccc1. The van der Waals surface area contributed by atoms with Crippen molar-refractivity contribution in [2.45, 2.75) is 58.8 Å². The molecule has 202 valence electrons. The second-order valence-corrected chi connectivity index (χ2v) is 11.5. The third-order valence-corrected chi connectivity index (χ3v) is 8.49. The van der Waals surface area contributed by atoms with E-state index in [4.69, 9.17) is 14.2 Å². The molecule has 6 rings (SSSR count). The molecule has 0 N–H and O–H groups in total. The van der Waals surface area contributed by atoms with Crippen LogP contribution in [0.25, 0.3) is 0 Å². The Morgan fingerprint density at radius 1 is 1.05 bits per heavy atom. The Bertz CT molecular complexity index is 1440. The topological polar surface area (TPSA) is 90.9 Å². The molecule has 1 saturated carbocycles. The van der Waals surface area contributed by atoms with Gasteiger partial charge in [-0.3, -0.25) is 14.5 Å². The molecule has 9 heteroatoms. The van der Waals surface area contributed by atoms with Gasteiger partial charge in [0.05, 0.1) is 24.1 Å². The van der Waals surface area contributed by atoms with E-state index >= 15 is 0 Å². The summed E-state index contributed by atoms with van der Waals surface area (Å²) < 4.78 is 18.4. The molecule has 1 fully saturated rings. The predicted octanol–water partition coefficient (Wildman–Crippen LogP) is 5.57. The fourth-order valence-electron chi connectivity index (χ4n) is 5.79. The van der Waals surface area contributed by atoms with Gasteiger partial charge in [-0.1, -0.05) is 54.7 Å². The number of nitrogens with zero attached hydrogens (tertiary/aromatic N) is 3. The number of benzene rings is 2. The smallest absolute Gasteiger partial charge is 0.296 e. The van der Waals surface area contributed by atoms with Crippen molar-refractivity contribution in [3.63, 3.8) is 0 Å². The molecule has 1 amide bonds. The van der Waals surface area contributed by atoms with Crippen LogP contribution >= 0.6 is 11.3 Å². The number of rotatable bonds is 7. The van der Waals surface area contributed by atoms with E-state index < -0.39 is 6.04 Å². The Hall–Kier alpha value is -3.72. The number of aromatic nitrogens is 2. The van der Waals surface area contributed by atoms with Gasteiger partial charge in [0.25, 0.3) is 5.91 Å². The summed E-state index contributed by atoms with van der Waals surface area (Å²) in [6, 6.07) is 14.8. The number of aryl methyl sites for hydroxylation is 1. The molecule has 2 aromatic carbocycles. The number of anilines is 1. The molecule has 4 unspecified atom stereocenters. The minimum absolute atomic E-state index is 0.00255. The molecule has 8 nitrogen and oxygen atoms in total. The van der Waals surface area contributed by atoms with Crippen LogP contribution in [0.4, 0.5) is 5.13 Å². The van der Waals surface area contributed by atoms with Crippen LogP contribution in [0.15, 0.2) is 59.9 Å². The summed E-state index contributed by atoms with van der Waals surface area (Å²) in [4.78, 5) is 29.4. The largest absolute Gasteiger partial charge is 0.490 e. The second kappa shape index (κ2) is 10.4. The Morgan fingerprint density at radius 3 is 2.62 bits per heavy atom. The van der Waals surface area contributed by atoms with E-state index in [2.05, 4.69) is 17.1 Å². The Morgan fingerprint density at radius 2 is 1.87 bits per heavy atom. The van der Waals surface area contributed by atoms with E-state index in [-0.39, 0.29) is 29.5 Å². The van der Waals surface area contributed by atoms with Crippen molar-refractivity contribution in [3.05, 3.63) is 76.0 Å². The third kappa shape index (κ3) is 4.69. The van der Waals surface area contributed by atoms with Crippen LogP contribution in [-0.4, -0.2) is 34.6 Å². The maximum absolute atomic E-state index is 14.0. The van der Waals surface area contributed by atoms with Gasteiger partial charge >= 0.3 is 0 Å². The Labute approximate surface area is 231 Å². The van der Waals surface area contributed by atoms with Gasteiger partial charge in [0.2, 0.25) is 5.13 Å². The Balaban J connectivity index is 1.40. The summed E-state index contributed by atoms with van der Waals surface area (Å²) in [6.45, 7) is 6.75. The van der Waals surface area contributed by atoms with Gasteiger partial charge in [-0.25, -0.2) is 0 Å². The van der Waals surface area contributed by atoms with Gasteiger partial charge in [-0.05, 0) is 62.3 Å². The number of amides is 1. The van der Waals surface area contributed by atoms with Crippen LogP contribution in [-0.2, 0) is 20.9 Å². The molecular formula is C30H31N3O5S. The number of ether oxygens (including phenoxy) is 3. The van der Waals surface area contributed by atoms with Crippen molar-refractivity contribution < 1.29 is 23.8 Å². The highest BCUT2D eigenvalue weighted by molar-refractivity contribution is 7.15. The first-order valence-corrected chi connectivity index (χ1v) is 14.3. The van der Waals surface area contributed by atoms with Crippen molar-refractivity contribution in [2.75, 3.05) is 11.5 Å². The lowest BCUT2D eigenvalue weighted by Crippen LogP contribution is -2.41. The van der Waals surface area contributed by atoms with E-state index in [1.165, 1.54) is 11.3 Å². The second-order valence-electron chi connectivity index (χ2n) is 10.4. The molecular weight excluding hydrogens is 514 g/mol.